The number of anilines is 1. The van der Waals surface area contributed by atoms with E-state index in [1.165, 1.54) is 0 Å². The van der Waals surface area contributed by atoms with Crippen molar-refractivity contribution in [2.45, 2.75) is 44.1 Å². The molecule has 1 aromatic heterocycles. The standard InChI is InChI=1S/C19H26N4O3/c1-22-16-10-13(23-8-6-12(11-24)7-9-23)2-3-14(16)18(21-22)15-4-5-17(25)20-19(15)26/h2-3,10-12,15,17,19-20,25-26H,4-9H2,1H3. The summed E-state index contributed by atoms with van der Waals surface area (Å²) in [5, 5.41) is 28.5. The molecular formula is C19H26N4O3. The molecule has 4 rings (SSSR count). The summed E-state index contributed by atoms with van der Waals surface area (Å²) in [7, 11) is 1.92. The van der Waals surface area contributed by atoms with Gasteiger partial charge < -0.3 is 19.9 Å². The molecule has 140 valence electrons. The van der Waals surface area contributed by atoms with E-state index < -0.39 is 12.5 Å². The fourth-order valence-electron chi connectivity index (χ4n) is 4.22. The van der Waals surface area contributed by atoms with Crippen LogP contribution in [0.4, 0.5) is 5.69 Å². The number of hydrogen-bond acceptors (Lipinski definition) is 6. The zero-order chi connectivity index (χ0) is 18.3. The maximum absolute atomic E-state index is 11.0. The SMILES string of the molecule is Cn1nc(C2CCC(O)NC2O)c2ccc(N3CCC(C=O)CC3)cc21. The summed E-state index contributed by atoms with van der Waals surface area (Å²) in [5.41, 5.74) is 3.06. The molecule has 2 saturated heterocycles. The molecule has 0 bridgehead atoms. The van der Waals surface area contributed by atoms with Crippen LogP contribution in [0.25, 0.3) is 10.9 Å². The molecule has 0 radical (unpaired) electrons. The van der Waals surface area contributed by atoms with Gasteiger partial charge in [-0.15, -0.1) is 0 Å². The first-order valence-electron chi connectivity index (χ1n) is 9.36. The lowest BCUT2D eigenvalue weighted by atomic mass is 9.91. The molecule has 0 spiro atoms. The second-order valence-corrected chi connectivity index (χ2v) is 7.48. The predicted molar refractivity (Wildman–Crippen MR) is 98.8 cm³/mol. The van der Waals surface area contributed by atoms with Gasteiger partial charge in [0, 0.05) is 43.0 Å². The van der Waals surface area contributed by atoms with Gasteiger partial charge in [-0.2, -0.15) is 5.10 Å². The van der Waals surface area contributed by atoms with E-state index in [1.807, 2.05) is 11.7 Å². The van der Waals surface area contributed by atoms with E-state index >= 15 is 0 Å². The normalized spacial score (nSPS) is 27.8. The van der Waals surface area contributed by atoms with Crippen molar-refractivity contribution in [1.82, 2.24) is 15.1 Å². The highest BCUT2D eigenvalue weighted by atomic mass is 16.3. The Labute approximate surface area is 152 Å². The summed E-state index contributed by atoms with van der Waals surface area (Å²) >= 11 is 0. The summed E-state index contributed by atoms with van der Waals surface area (Å²) in [6, 6.07) is 6.33. The van der Waals surface area contributed by atoms with Crippen LogP contribution >= 0.6 is 0 Å². The van der Waals surface area contributed by atoms with Gasteiger partial charge in [-0.1, -0.05) is 0 Å². The number of fused-ring (bicyclic) bond motifs is 1. The molecule has 26 heavy (non-hydrogen) atoms. The first-order valence-corrected chi connectivity index (χ1v) is 9.36. The molecule has 2 aromatic rings. The van der Waals surface area contributed by atoms with Gasteiger partial charge in [-0.05, 0) is 43.9 Å². The third kappa shape index (κ3) is 3.11. The summed E-state index contributed by atoms with van der Waals surface area (Å²) in [6.07, 6.45) is 2.73. The van der Waals surface area contributed by atoms with E-state index in [9.17, 15) is 15.0 Å². The third-order valence-electron chi connectivity index (χ3n) is 5.81. The quantitative estimate of drug-likeness (QED) is 0.712. The van der Waals surface area contributed by atoms with Crippen molar-refractivity contribution in [2.75, 3.05) is 18.0 Å². The number of nitrogens with one attached hydrogen (secondary N) is 1. The van der Waals surface area contributed by atoms with Crippen LogP contribution in [0.2, 0.25) is 0 Å². The van der Waals surface area contributed by atoms with Gasteiger partial charge in [0.2, 0.25) is 0 Å². The summed E-state index contributed by atoms with van der Waals surface area (Å²) in [5.74, 6) is 0.0604. The highest BCUT2D eigenvalue weighted by Gasteiger charge is 2.32. The van der Waals surface area contributed by atoms with Crippen LogP contribution in [-0.4, -0.2) is 51.8 Å². The molecule has 3 heterocycles. The molecule has 2 aliphatic rings. The number of carbonyl (C=O) groups excluding carboxylic acids is 1. The lowest BCUT2D eigenvalue weighted by molar-refractivity contribution is -0.111. The first kappa shape index (κ1) is 17.5. The second-order valence-electron chi connectivity index (χ2n) is 7.48. The van der Waals surface area contributed by atoms with Crippen molar-refractivity contribution < 1.29 is 15.0 Å². The number of aliphatic hydroxyl groups excluding tert-OH is 2. The van der Waals surface area contributed by atoms with Crippen LogP contribution in [0, 0.1) is 5.92 Å². The minimum Gasteiger partial charge on any atom is -0.379 e. The Morgan fingerprint density at radius 3 is 2.65 bits per heavy atom. The molecule has 3 atom stereocenters. The molecule has 3 unspecified atom stereocenters. The molecule has 0 aliphatic carbocycles. The van der Waals surface area contributed by atoms with Gasteiger partial charge in [-0.3, -0.25) is 10.00 Å². The Bertz CT molecular complexity index is 797. The molecular weight excluding hydrogens is 332 g/mol. The highest BCUT2D eigenvalue weighted by Crippen LogP contribution is 2.34. The number of aryl methyl sites for hydroxylation is 1. The fourth-order valence-corrected chi connectivity index (χ4v) is 4.22. The van der Waals surface area contributed by atoms with Crippen molar-refractivity contribution in [2.24, 2.45) is 13.0 Å². The average molecular weight is 358 g/mol. The van der Waals surface area contributed by atoms with Gasteiger partial charge >= 0.3 is 0 Å². The molecule has 1 aromatic carbocycles. The van der Waals surface area contributed by atoms with Crippen molar-refractivity contribution in [1.29, 1.82) is 0 Å². The topological polar surface area (TPSA) is 90.6 Å². The van der Waals surface area contributed by atoms with Crippen LogP contribution in [0.15, 0.2) is 18.2 Å². The Morgan fingerprint density at radius 1 is 1.19 bits per heavy atom. The largest absolute Gasteiger partial charge is 0.379 e. The minimum atomic E-state index is -0.793. The summed E-state index contributed by atoms with van der Waals surface area (Å²) in [4.78, 5) is 13.3. The van der Waals surface area contributed by atoms with Gasteiger partial charge in [-0.25, -0.2) is 0 Å². The number of nitrogens with zero attached hydrogens (tertiary/aromatic N) is 3. The number of aromatic nitrogens is 2. The zero-order valence-corrected chi connectivity index (χ0v) is 15.0. The van der Waals surface area contributed by atoms with Crippen molar-refractivity contribution in [3.8, 4) is 0 Å². The number of hydrogen-bond donors (Lipinski definition) is 3. The van der Waals surface area contributed by atoms with Gasteiger partial charge in [0.05, 0.1) is 11.2 Å². The Morgan fingerprint density at radius 2 is 1.96 bits per heavy atom. The van der Waals surface area contributed by atoms with Crippen LogP contribution in [0.1, 0.15) is 37.3 Å². The second kappa shape index (κ2) is 6.98. The molecule has 0 amide bonds. The van der Waals surface area contributed by atoms with Gasteiger partial charge in [0.1, 0.15) is 18.7 Å². The lowest BCUT2D eigenvalue weighted by Crippen LogP contribution is -2.46. The van der Waals surface area contributed by atoms with Crippen molar-refractivity contribution in [3.05, 3.63) is 23.9 Å². The van der Waals surface area contributed by atoms with Crippen molar-refractivity contribution >= 4 is 22.9 Å². The van der Waals surface area contributed by atoms with E-state index in [0.29, 0.717) is 12.8 Å². The van der Waals surface area contributed by atoms with E-state index in [4.69, 9.17) is 0 Å². The van der Waals surface area contributed by atoms with E-state index in [1.54, 1.807) is 0 Å². The monoisotopic (exact) mass is 358 g/mol. The Hall–Kier alpha value is -1.96. The minimum absolute atomic E-state index is 0.128. The zero-order valence-electron chi connectivity index (χ0n) is 15.0. The number of rotatable bonds is 3. The Kier molecular flexibility index (Phi) is 4.69. The first-order chi connectivity index (χ1) is 12.6. The van der Waals surface area contributed by atoms with E-state index in [-0.39, 0.29) is 11.8 Å². The number of benzene rings is 1. The van der Waals surface area contributed by atoms with Crippen LogP contribution < -0.4 is 10.2 Å². The predicted octanol–water partition coefficient (Wildman–Crippen LogP) is 1.09. The summed E-state index contributed by atoms with van der Waals surface area (Å²) in [6.45, 7) is 1.78. The van der Waals surface area contributed by atoms with Crippen molar-refractivity contribution in [3.63, 3.8) is 0 Å². The lowest BCUT2D eigenvalue weighted by Gasteiger charge is -2.32. The fraction of sp³-hybridized carbons (Fsp3) is 0.579. The average Bonchev–Trinajstić information content (AvgIpc) is 2.98. The van der Waals surface area contributed by atoms with Gasteiger partial charge in [0.15, 0.2) is 0 Å². The molecule has 7 heteroatoms. The van der Waals surface area contributed by atoms with Gasteiger partial charge in [0.25, 0.3) is 0 Å². The summed E-state index contributed by atoms with van der Waals surface area (Å²) < 4.78 is 1.87. The molecule has 2 aliphatic heterocycles. The number of carbonyl (C=O) groups is 1. The maximum atomic E-state index is 11.0. The number of aldehydes is 1. The Balaban J connectivity index is 1.62. The van der Waals surface area contributed by atoms with Crippen LogP contribution in [0.5, 0.6) is 0 Å². The third-order valence-corrected chi connectivity index (χ3v) is 5.81. The van der Waals surface area contributed by atoms with Crippen LogP contribution in [0.3, 0.4) is 0 Å². The molecule has 3 N–H and O–H groups in total. The van der Waals surface area contributed by atoms with E-state index in [2.05, 4.69) is 33.5 Å². The van der Waals surface area contributed by atoms with Crippen LogP contribution in [-0.2, 0) is 11.8 Å². The molecule has 0 saturated carbocycles. The number of piperidine rings is 2. The highest BCUT2D eigenvalue weighted by molar-refractivity contribution is 5.86. The molecule has 2 fully saturated rings. The smallest absolute Gasteiger partial charge is 0.123 e. The van der Waals surface area contributed by atoms with E-state index in [0.717, 1.165) is 54.5 Å². The number of aliphatic hydroxyl groups is 2. The maximum Gasteiger partial charge on any atom is 0.123 e. The molecule has 7 nitrogen and oxygen atoms in total.